The van der Waals surface area contributed by atoms with E-state index in [0.29, 0.717) is 5.69 Å². The van der Waals surface area contributed by atoms with Crippen molar-refractivity contribution in [3.8, 4) is 0 Å². The van der Waals surface area contributed by atoms with E-state index in [4.69, 9.17) is 0 Å². The lowest BCUT2D eigenvalue weighted by molar-refractivity contribution is 0.0539. The van der Waals surface area contributed by atoms with Crippen molar-refractivity contribution in [3.63, 3.8) is 0 Å². The summed E-state index contributed by atoms with van der Waals surface area (Å²) in [7, 11) is -2.55. The van der Waals surface area contributed by atoms with Gasteiger partial charge in [0.05, 0.1) is 7.11 Å². The maximum absolute atomic E-state index is 12.4. The number of rotatable bonds is 5. The quantitative estimate of drug-likeness (QED) is 0.825. The van der Waals surface area contributed by atoms with Crippen LogP contribution in [0, 0.1) is 6.92 Å². The lowest BCUT2D eigenvalue weighted by Crippen LogP contribution is -2.24. The van der Waals surface area contributed by atoms with E-state index in [0.717, 1.165) is 16.9 Å². The highest BCUT2D eigenvalue weighted by Gasteiger charge is 2.24. The van der Waals surface area contributed by atoms with Crippen molar-refractivity contribution in [1.82, 2.24) is 5.48 Å². The molecular weight excluding hydrogens is 312 g/mol. The zero-order chi connectivity index (χ0) is 15.5. The molecule has 0 bridgehead atoms. The number of carbonyl (C=O) groups is 1. The van der Waals surface area contributed by atoms with Gasteiger partial charge < -0.3 is 0 Å². The molecule has 0 unspecified atom stereocenters. The van der Waals surface area contributed by atoms with Crippen LogP contribution in [0.2, 0.25) is 0 Å². The zero-order valence-corrected chi connectivity index (χ0v) is 13.0. The van der Waals surface area contributed by atoms with E-state index in [9.17, 15) is 13.2 Å². The van der Waals surface area contributed by atoms with E-state index in [1.807, 2.05) is 6.92 Å². The second-order valence-corrected chi connectivity index (χ2v) is 6.79. The average molecular weight is 326 g/mol. The van der Waals surface area contributed by atoms with Crippen molar-refractivity contribution in [2.75, 3.05) is 11.8 Å². The standard InChI is InChI=1S/C13H14N2O4S2/c1-9-3-5-10(6-4-9)15-21(17,18)11-7-8-20-12(11)13(16)14-19-2/h3-8,15H,1-2H3,(H,14,16). The highest BCUT2D eigenvalue weighted by Crippen LogP contribution is 2.24. The Morgan fingerprint density at radius 1 is 1.19 bits per heavy atom. The van der Waals surface area contributed by atoms with Crippen LogP contribution in [-0.4, -0.2) is 21.4 Å². The lowest BCUT2D eigenvalue weighted by atomic mass is 10.2. The SMILES string of the molecule is CONC(=O)c1sccc1S(=O)(=O)Nc1ccc(C)cc1. The van der Waals surface area contributed by atoms with Crippen molar-refractivity contribution in [2.45, 2.75) is 11.8 Å². The predicted molar refractivity (Wildman–Crippen MR) is 80.8 cm³/mol. The Labute approximate surface area is 126 Å². The van der Waals surface area contributed by atoms with Crippen molar-refractivity contribution < 1.29 is 18.0 Å². The molecule has 8 heteroatoms. The molecule has 1 heterocycles. The smallest absolute Gasteiger partial charge is 0.280 e. The minimum atomic E-state index is -3.83. The molecule has 0 saturated heterocycles. The molecular formula is C13H14N2O4S2. The van der Waals surface area contributed by atoms with Gasteiger partial charge in [-0.2, -0.15) is 0 Å². The van der Waals surface area contributed by atoms with Gasteiger partial charge in [0.1, 0.15) is 9.77 Å². The molecule has 1 aromatic carbocycles. The Balaban J connectivity index is 2.30. The highest BCUT2D eigenvalue weighted by atomic mass is 32.2. The molecule has 0 saturated carbocycles. The number of hydroxylamine groups is 1. The van der Waals surface area contributed by atoms with Gasteiger partial charge in [-0.3, -0.25) is 14.4 Å². The normalized spacial score (nSPS) is 11.1. The summed E-state index contributed by atoms with van der Waals surface area (Å²) in [5.41, 5.74) is 3.57. The number of anilines is 1. The number of carbonyl (C=O) groups excluding carboxylic acids is 1. The molecule has 6 nitrogen and oxygen atoms in total. The third kappa shape index (κ3) is 3.60. The molecule has 2 aromatic rings. The second kappa shape index (κ2) is 6.25. The third-order valence-electron chi connectivity index (χ3n) is 2.62. The number of thiophene rings is 1. The molecule has 0 aliphatic heterocycles. The molecule has 1 amide bonds. The minimum absolute atomic E-state index is 0.0662. The summed E-state index contributed by atoms with van der Waals surface area (Å²) < 4.78 is 27.1. The van der Waals surface area contributed by atoms with Crippen LogP contribution in [0.25, 0.3) is 0 Å². The average Bonchev–Trinajstić information content (AvgIpc) is 2.92. The maximum atomic E-state index is 12.4. The highest BCUT2D eigenvalue weighted by molar-refractivity contribution is 7.93. The van der Waals surface area contributed by atoms with Gasteiger partial charge in [0.15, 0.2) is 0 Å². The van der Waals surface area contributed by atoms with Crippen molar-refractivity contribution in [1.29, 1.82) is 0 Å². The van der Waals surface area contributed by atoms with Crippen LogP contribution in [0.4, 0.5) is 5.69 Å². The Kier molecular flexibility index (Phi) is 4.61. The molecule has 0 aliphatic rings. The van der Waals surface area contributed by atoms with Crippen LogP contribution < -0.4 is 10.2 Å². The van der Waals surface area contributed by atoms with E-state index < -0.39 is 15.9 Å². The summed E-state index contributed by atoms with van der Waals surface area (Å²) in [6, 6.07) is 8.29. The van der Waals surface area contributed by atoms with Crippen LogP contribution in [0.1, 0.15) is 15.2 Å². The zero-order valence-electron chi connectivity index (χ0n) is 11.4. The van der Waals surface area contributed by atoms with E-state index in [1.165, 1.54) is 18.6 Å². The molecule has 0 aliphatic carbocycles. The van der Waals surface area contributed by atoms with Gasteiger partial charge in [0.2, 0.25) is 0 Å². The summed E-state index contributed by atoms with van der Waals surface area (Å²) in [5, 5.41) is 1.54. The summed E-state index contributed by atoms with van der Waals surface area (Å²) in [6.07, 6.45) is 0. The summed E-state index contributed by atoms with van der Waals surface area (Å²) in [5.74, 6) is -0.600. The topological polar surface area (TPSA) is 84.5 Å². The number of sulfonamides is 1. The largest absolute Gasteiger partial charge is 0.286 e. The first-order chi connectivity index (χ1) is 9.94. The van der Waals surface area contributed by atoms with E-state index >= 15 is 0 Å². The van der Waals surface area contributed by atoms with Gasteiger partial charge in [-0.1, -0.05) is 17.7 Å². The molecule has 21 heavy (non-hydrogen) atoms. The third-order valence-corrected chi connectivity index (χ3v) is 5.09. The molecule has 112 valence electrons. The van der Waals surface area contributed by atoms with Crippen LogP contribution in [0.5, 0.6) is 0 Å². The Morgan fingerprint density at radius 2 is 1.86 bits per heavy atom. The lowest BCUT2D eigenvalue weighted by Gasteiger charge is -2.09. The van der Waals surface area contributed by atoms with Gasteiger partial charge >= 0.3 is 0 Å². The fourth-order valence-corrected chi connectivity index (χ4v) is 4.02. The number of nitrogens with one attached hydrogen (secondary N) is 2. The van der Waals surface area contributed by atoms with Gasteiger partial charge in [-0.05, 0) is 30.5 Å². The van der Waals surface area contributed by atoms with Gasteiger partial charge in [0, 0.05) is 5.69 Å². The van der Waals surface area contributed by atoms with E-state index in [2.05, 4.69) is 15.0 Å². The van der Waals surface area contributed by atoms with Crippen molar-refractivity contribution in [3.05, 3.63) is 46.2 Å². The second-order valence-electron chi connectivity index (χ2n) is 4.22. The molecule has 0 spiro atoms. The Hall–Kier alpha value is -1.90. The molecule has 2 N–H and O–H groups in total. The summed E-state index contributed by atoms with van der Waals surface area (Å²) >= 11 is 1.03. The van der Waals surface area contributed by atoms with Crippen LogP contribution in [-0.2, 0) is 14.9 Å². The monoisotopic (exact) mass is 326 g/mol. The molecule has 2 rings (SSSR count). The Morgan fingerprint density at radius 3 is 2.48 bits per heavy atom. The molecule has 0 fully saturated rings. The number of amides is 1. The number of hydrogen-bond donors (Lipinski definition) is 2. The van der Waals surface area contributed by atoms with Crippen LogP contribution in [0.3, 0.4) is 0 Å². The predicted octanol–water partition coefficient (Wildman–Crippen LogP) is 2.15. The summed E-state index contributed by atoms with van der Waals surface area (Å²) in [6.45, 7) is 1.91. The minimum Gasteiger partial charge on any atom is -0.280 e. The fourth-order valence-electron chi connectivity index (χ4n) is 1.65. The van der Waals surface area contributed by atoms with E-state index in [1.54, 1.807) is 24.3 Å². The first-order valence-corrected chi connectivity index (χ1v) is 8.30. The first kappa shape index (κ1) is 15.5. The van der Waals surface area contributed by atoms with Crippen LogP contribution in [0.15, 0.2) is 40.6 Å². The van der Waals surface area contributed by atoms with Gasteiger partial charge in [0.25, 0.3) is 15.9 Å². The number of benzene rings is 1. The fraction of sp³-hybridized carbons (Fsp3) is 0.154. The van der Waals surface area contributed by atoms with Gasteiger partial charge in [-0.25, -0.2) is 13.9 Å². The van der Waals surface area contributed by atoms with Gasteiger partial charge in [-0.15, -0.1) is 11.3 Å². The number of aryl methyl sites for hydroxylation is 1. The number of hydrogen-bond acceptors (Lipinski definition) is 5. The molecule has 0 radical (unpaired) electrons. The molecule has 0 atom stereocenters. The van der Waals surface area contributed by atoms with Crippen LogP contribution >= 0.6 is 11.3 Å². The first-order valence-electron chi connectivity index (χ1n) is 5.94. The molecule has 1 aromatic heterocycles. The summed E-state index contributed by atoms with van der Waals surface area (Å²) in [4.78, 5) is 16.3. The van der Waals surface area contributed by atoms with Crippen molar-refractivity contribution >= 4 is 33.0 Å². The van der Waals surface area contributed by atoms with E-state index in [-0.39, 0.29) is 9.77 Å². The Bertz CT molecular complexity index is 736. The van der Waals surface area contributed by atoms with Crippen molar-refractivity contribution in [2.24, 2.45) is 0 Å². The maximum Gasteiger partial charge on any atom is 0.286 e.